The van der Waals surface area contributed by atoms with Crippen molar-refractivity contribution < 1.29 is 14.3 Å². The third kappa shape index (κ3) is 4.34. The fraction of sp³-hybridized carbons (Fsp3) is 0.222. The molecule has 8 heteroatoms. The lowest BCUT2D eigenvalue weighted by Crippen LogP contribution is -2.24. The van der Waals surface area contributed by atoms with Gasteiger partial charge in [-0.1, -0.05) is 0 Å². The average Bonchev–Trinajstić information content (AvgIpc) is 3.00. The number of benzene rings is 1. The first-order valence-electron chi connectivity index (χ1n) is 8.09. The van der Waals surface area contributed by atoms with Gasteiger partial charge in [0.2, 0.25) is 0 Å². The Morgan fingerprint density at radius 3 is 2.88 bits per heavy atom. The Labute approximate surface area is 154 Å². The lowest BCUT2D eigenvalue weighted by atomic mass is 10.2. The molecule has 0 fully saturated rings. The van der Waals surface area contributed by atoms with Crippen LogP contribution in [0, 0.1) is 6.92 Å². The Morgan fingerprint density at radius 2 is 2.08 bits per heavy atom. The maximum Gasteiger partial charge on any atom is 0.407 e. The largest absolute Gasteiger partial charge is 0.450 e. The van der Waals surface area contributed by atoms with Crippen LogP contribution in [0.5, 0.6) is 0 Å². The third-order valence-corrected chi connectivity index (χ3v) is 4.45. The number of hydrogen-bond donors (Lipinski definition) is 2. The number of thiazole rings is 1. The molecule has 134 valence electrons. The van der Waals surface area contributed by atoms with Crippen LogP contribution in [0.3, 0.4) is 0 Å². The van der Waals surface area contributed by atoms with E-state index in [1.54, 1.807) is 30.4 Å². The predicted octanol–water partition coefficient (Wildman–Crippen LogP) is 3.50. The van der Waals surface area contributed by atoms with Crippen LogP contribution in [0.2, 0.25) is 0 Å². The number of nitrogens with zero attached hydrogens (tertiary/aromatic N) is 2. The molecule has 0 aliphatic carbocycles. The Bertz CT molecular complexity index is 955. The molecule has 0 unspecified atom stereocenters. The summed E-state index contributed by atoms with van der Waals surface area (Å²) in [6.45, 7) is 4.16. The number of amides is 2. The number of aromatic nitrogens is 2. The zero-order chi connectivity index (χ0) is 18.5. The number of pyridine rings is 1. The summed E-state index contributed by atoms with van der Waals surface area (Å²) in [4.78, 5) is 32.4. The van der Waals surface area contributed by atoms with Crippen molar-refractivity contribution in [1.29, 1.82) is 0 Å². The highest BCUT2D eigenvalue weighted by molar-refractivity contribution is 7.18. The van der Waals surface area contributed by atoms with Gasteiger partial charge in [-0.15, -0.1) is 11.3 Å². The van der Waals surface area contributed by atoms with Gasteiger partial charge in [-0.3, -0.25) is 9.78 Å². The van der Waals surface area contributed by atoms with Crippen LogP contribution in [0.25, 0.3) is 10.2 Å². The minimum Gasteiger partial charge on any atom is -0.450 e. The van der Waals surface area contributed by atoms with E-state index >= 15 is 0 Å². The topological polar surface area (TPSA) is 93.2 Å². The summed E-state index contributed by atoms with van der Waals surface area (Å²) in [7, 11) is 0. The maximum absolute atomic E-state index is 12.5. The van der Waals surface area contributed by atoms with Crippen LogP contribution < -0.4 is 10.6 Å². The number of rotatable bonds is 5. The number of ether oxygens (including phenoxy) is 1. The molecule has 3 aromatic rings. The quantitative estimate of drug-likeness (QED) is 0.717. The molecule has 0 bridgehead atoms. The number of carbonyl (C=O) groups excluding carboxylic acids is 2. The zero-order valence-corrected chi connectivity index (χ0v) is 15.2. The number of anilines is 1. The third-order valence-electron chi connectivity index (χ3n) is 3.52. The molecule has 0 aliphatic heterocycles. The molecule has 1 aromatic carbocycles. The molecule has 2 amide bonds. The van der Waals surface area contributed by atoms with Crippen molar-refractivity contribution in [2.45, 2.75) is 20.4 Å². The summed E-state index contributed by atoms with van der Waals surface area (Å²) < 4.78 is 5.82. The molecule has 2 aromatic heterocycles. The van der Waals surface area contributed by atoms with Gasteiger partial charge in [0.05, 0.1) is 34.1 Å². The van der Waals surface area contributed by atoms with E-state index in [1.807, 2.05) is 25.1 Å². The van der Waals surface area contributed by atoms with Crippen molar-refractivity contribution in [1.82, 2.24) is 15.3 Å². The minimum absolute atomic E-state index is 0.187. The molecule has 7 nitrogen and oxygen atoms in total. The second-order valence-corrected chi connectivity index (χ2v) is 6.71. The fourth-order valence-electron chi connectivity index (χ4n) is 2.38. The molecular weight excluding hydrogens is 352 g/mol. The Morgan fingerprint density at radius 1 is 1.23 bits per heavy atom. The van der Waals surface area contributed by atoms with Crippen LogP contribution in [0.4, 0.5) is 10.5 Å². The molecule has 0 spiro atoms. The van der Waals surface area contributed by atoms with Crippen molar-refractivity contribution in [3.05, 3.63) is 52.8 Å². The summed E-state index contributed by atoms with van der Waals surface area (Å²) in [6.07, 6.45) is 1.02. The minimum atomic E-state index is -0.516. The van der Waals surface area contributed by atoms with Crippen molar-refractivity contribution in [2.75, 3.05) is 11.9 Å². The van der Waals surface area contributed by atoms with E-state index in [0.29, 0.717) is 23.6 Å². The SMILES string of the molecule is CCOC(=O)NCc1cc(C(=O)Nc2ccc3nc(C)sc3c2)ccn1. The van der Waals surface area contributed by atoms with E-state index in [2.05, 4.69) is 20.6 Å². The summed E-state index contributed by atoms with van der Waals surface area (Å²) in [6, 6.07) is 8.87. The molecule has 0 radical (unpaired) electrons. The highest BCUT2D eigenvalue weighted by Gasteiger charge is 2.10. The van der Waals surface area contributed by atoms with E-state index in [1.165, 1.54) is 6.20 Å². The summed E-state index contributed by atoms with van der Waals surface area (Å²) in [5, 5.41) is 6.43. The van der Waals surface area contributed by atoms with Gasteiger partial charge in [-0.2, -0.15) is 0 Å². The van der Waals surface area contributed by atoms with E-state index in [0.717, 1.165) is 15.2 Å². The van der Waals surface area contributed by atoms with Crippen LogP contribution >= 0.6 is 11.3 Å². The van der Waals surface area contributed by atoms with Crippen molar-refractivity contribution in [2.24, 2.45) is 0 Å². The summed E-state index contributed by atoms with van der Waals surface area (Å²) in [5.41, 5.74) is 2.65. The molecule has 0 atom stereocenters. The second kappa shape index (κ2) is 7.92. The summed E-state index contributed by atoms with van der Waals surface area (Å²) >= 11 is 1.58. The smallest absolute Gasteiger partial charge is 0.407 e. The highest BCUT2D eigenvalue weighted by Crippen LogP contribution is 2.25. The van der Waals surface area contributed by atoms with Gasteiger partial charge in [0, 0.05) is 17.4 Å². The summed E-state index contributed by atoms with van der Waals surface area (Å²) in [5.74, 6) is -0.245. The molecule has 2 heterocycles. The van der Waals surface area contributed by atoms with Crippen LogP contribution in [-0.2, 0) is 11.3 Å². The van der Waals surface area contributed by atoms with Crippen LogP contribution in [-0.4, -0.2) is 28.6 Å². The molecule has 2 N–H and O–H groups in total. The second-order valence-electron chi connectivity index (χ2n) is 5.48. The monoisotopic (exact) mass is 370 g/mol. The average molecular weight is 370 g/mol. The van der Waals surface area contributed by atoms with Gasteiger partial charge >= 0.3 is 6.09 Å². The number of aryl methyl sites for hydroxylation is 1. The number of carbonyl (C=O) groups is 2. The number of hydrogen-bond acceptors (Lipinski definition) is 6. The first kappa shape index (κ1) is 17.8. The standard InChI is InChI=1S/C18H18N4O3S/c1-3-25-18(24)20-10-14-8-12(6-7-19-14)17(23)22-13-4-5-15-16(9-13)26-11(2)21-15/h4-9H,3,10H2,1-2H3,(H,20,24)(H,22,23). The lowest BCUT2D eigenvalue weighted by Gasteiger charge is -2.08. The van der Waals surface area contributed by atoms with Crippen molar-refractivity contribution in [3.63, 3.8) is 0 Å². The lowest BCUT2D eigenvalue weighted by molar-refractivity contribution is 0.102. The zero-order valence-electron chi connectivity index (χ0n) is 14.4. The van der Waals surface area contributed by atoms with Crippen molar-refractivity contribution >= 4 is 39.2 Å². The van der Waals surface area contributed by atoms with E-state index in [9.17, 15) is 9.59 Å². The fourth-order valence-corrected chi connectivity index (χ4v) is 3.25. The molecular formula is C18H18N4O3S. The van der Waals surface area contributed by atoms with Gasteiger partial charge < -0.3 is 15.4 Å². The normalized spacial score (nSPS) is 10.5. The van der Waals surface area contributed by atoms with Gasteiger partial charge in [0.15, 0.2) is 0 Å². The molecule has 0 saturated heterocycles. The molecule has 3 rings (SSSR count). The van der Waals surface area contributed by atoms with Gasteiger partial charge in [-0.25, -0.2) is 9.78 Å². The van der Waals surface area contributed by atoms with Gasteiger partial charge in [0.1, 0.15) is 0 Å². The first-order chi connectivity index (χ1) is 12.5. The molecule has 26 heavy (non-hydrogen) atoms. The predicted molar refractivity (Wildman–Crippen MR) is 100 cm³/mol. The van der Waals surface area contributed by atoms with E-state index in [-0.39, 0.29) is 12.5 Å². The maximum atomic E-state index is 12.5. The Balaban J connectivity index is 1.68. The Hall–Kier alpha value is -3.00. The molecule has 0 saturated carbocycles. The van der Waals surface area contributed by atoms with Gasteiger partial charge in [0.25, 0.3) is 5.91 Å². The molecule has 0 aliphatic rings. The van der Waals surface area contributed by atoms with E-state index in [4.69, 9.17) is 4.74 Å². The Kier molecular flexibility index (Phi) is 5.43. The number of nitrogens with one attached hydrogen (secondary N) is 2. The van der Waals surface area contributed by atoms with Crippen LogP contribution in [0.1, 0.15) is 28.0 Å². The number of fused-ring (bicyclic) bond motifs is 1. The van der Waals surface area contributed by atoms with E-state index < -0.39 is 6.09 Å². The highest BCUT2D eigenvalue weighted by atomic mass is 32.1. The van der Waals surface area contributed by atoms with Gasteiger partial charge in [-0.05, 0) is 44.2 Å². The first-order valence-corrected chi connectivity index (χ1v) is 8.91. The van der Waals surface area contributed by atoms with Crippen LogP contribution in [0.15, 0.2) is 36.5 Å². The number of alkyl carbamates (subject to hydrolysis) is 1. The van der Waals surface area contributed by atoms with Crippen molar-refractivity contribution in [3.8, 4) is 0 Å².